The first kappa shape index (κ1) is 15.3. The Morgan fingerprint density at radius 2 is 2.05 bits per heavy atom. The standard InChI is InChI=1S/C16H14BrFN2O/c1-10(13-8-12(17)4-5-14(13)18)20-15-6-3-11(9-19)7-16(15)21-2/h3-8,10,20H,1-2H3. The van der Waals surface area contributed by atoms with E-state index in [9.17, 15) is 4.39 Å². The van der Waals surface area contributed by atoms with E-state index in [0.717, 1.165) is 4.47 Å². The zero-order chi connectivity index (χ0) is 15.4. The van der Waals surface area contributed by atoms with Gasteiger partial charge in [0.2, 0.25) is 0 Å². The van der Waals surface area contributed by atoms with Crippen molar-refractivity contribution in [3.63, 3.8) is 0 Å². The van der Waals surface area contributed by atoms with E-state index in [-0.39, 0.29) is 11.9 Å². The minimum absolute atomic E-state index is 0.246. The molecule has 0 fully saturated rings. The summed E-state index contributed by atoms with van der Waals surface area (Å²) in [6.45, 7) is 1.86. The summed E-state index contributed by atoms with van der Waals surface area (Å²) in [5, 5.41) is 12.1. The first-order valence-electron chi connectivity index (χ1n) is 6.34. The van der Waals surface area contributed by atoms with E-state index in [1.54, 1.807) is 30.3 Å². The molecule has 0 saturated heterocycles. The number of anilines is 1. The van der Waals surface area contributed by atoms with Crippen molar-refractivity contribution in [2.24, 2.45) is 0 Å². The Morgan fingerprint density at radius 3 is 2.71 bits per heavy atom. The molecule has 0 radical (unpaired) electrons. The number of ether oxygens (including phenoxy) is 1. The summed E-state index contributed by atoms with van der Waals surface area (Å²) in [6, 6.07) is 11.7. The lowest BCUT2D eigenvalue weighted by Gasteiger charge is -2.19. The Morgan fingerprint density at radius 1 is 1.29 bits per heavy atom. The molecule has 0 saturated carbocycles. The van der Waals surface area contributed by atoms with Crippen LogP contribution in [0.4, 0.5) is 10.1 Å². The Bertz CT molecular complexity index is 697. The van der Waals surface area contributed by atoms with E-state index >= 15 is 0 Å². The van der Waals surface area contributed by atoms with Crippen LogP contribution in [0.2, 0.25) is 0 Å². The minimum Gasteiger partial charge on any atom is -0.495 e. The van der Waals surface area contributed by atoms with Gasteiger partial charge >= 0.3 is 0 Å². The van der Waals surface area contributed by atoms with Crippen molar-refractivity contribution < 1.29 is 9.13 Å². The summed E-state index contributed by atoms with van der Waals surface area (Å²) in [5.74, 6) is 0.280. The molecule has 1 unspecified atom stereocenters. The maximum Gasteiger partial charge on any atom is 0.143 e. The summed E-state index contributed by atoms with van der Waals surface area (Å²) >= 11 is 3.34. The van der Waals surface area contributed by atoms with Crippen LogP contribution >= 0.6 is 15.9 Å². The second kappa shape index (κ2) is 6.59. The van der Waals surface area contributed by atoms with Crippen LogP contribution in [0, 0.1) is 17.1 Å². The second-order valence-electron chi connectivity index (χ2n) is 4.56. The number of benzene rings is 2. The SMILES string of the molecule is COc1cc(C#N)ccc1NC(C)c1cc(Br)ccc1F. The summed E-state index contributed by atoms with van der Waals surface area (Å²) in [7, 11) is 1.53. The number of nitriles is 1. The number of hydrogen-bond acceptors (Lipinski definition) is 3. The molecule has 21 heavy (non-hydrogen) atoms. The van der Waals surface area contributed by atoms with E-state index in [1.165, 1.54) is 13.2 Å². The molecule has 108 valence electrons. The third-order valence-corrected chi connectivity index (χ3v) is 3.62. The van der Waals surface area contributed by atoms with Crippen molar-refractivity contribution in [1.82, 2.24) is 0 Å². The zero-order valence-corrected chi connectivity index (χ0v) is 13.2. The maximum absolute atomic E-state index is 13.9. The van der Waals surface area contributed by atoms with Gasteiger partial charge in [-0.2, -0.15) is 5.26 Å². The molecule has 2 rings (SSSR count). The van der Waals surface area contributed by atoms with Crippen LogP contribution in [0.5, 0.6) is 5.75 Å². The average molecular weight is 349 g/mol. The van der Waals surface area contributed by atoms with Crippen LogP contribution < -0.4 is 10.1 Å². The topological polar surface area (TPSA) is 45.0 Å². The molecule has 0 aromatic heterocycles. The lowest BCUT2D eigenvalue weighted by molar-refractivity contribution is 0.416. The van der Waals surface area contributed by atoms with Crippen LogP contribution in [0.15, 0.2) is 40.9 Å². The largest absolute Gasteiger partial charge is 0.495 e. The van der Waals surface area contributed by atoms with Gasteiger partial charge in [0.1, 0.15) is 11.6 Å². The van der Waals surface area contributed by atoms with Crippen molar-refractivity contribution in [3.05, 3.63) is 57.8 Å². The summed E-state index contributed by atoms with van der Waals surface area (Å²) in [4.78, 5) is 0. The molecule has 0 aliphatic carbocycles. The van der Waals surface area contributed by atoms with E-state index < -0.39 is 0 Å². The lowest BCUT2D eigenvalue weighted by atomic mass is 10.1. The molecule has 1 N–H and O–H groups in total. The highest BCUT2D eigenvalue weighted by Crippen LogP contribution is 2.30. The van der Waals surface area contributed by atoms with Crippen LogP contribution in [-0.2, 0) is 0 Å². The molecule has 0 spiro atoms. The van der Waals surface area contributed by atoms with Gasteiger partial charge in [0.05, 0.1) is 30.5 Å². The van der Waals surface area contributed by atoms with Crippen molar-refractivity contribution in [3.8, 4) is 11.8 Å². The van der Waals surface area contributed by atoms with E-state index in [1.807, 2.05) is 6.92 Å². The monoisotopic (exact) mass is 348 g/mol. The normalized spacial score (nSPS) is 11.6. The molecule has 2 aromatic rings. The molecule has 0 bridgehead atoms. The average Bonchev–Trinajstić information content (AvgIpc) is 2.49. The zero-order valence-electron chi connectivity index (χ0n) is 11.7. The van der Waals surface area contributed by atoms with E-state index in [2.05, 4.69) is 27.3 Å². The van der Waals surface area contributed by atoms with E-state index in [4.69, 9.17) is 10.00 Å². The van der Waals surface area contributed by atoms with Crippen LogP contribution in [0.1, 0.15) is 24.1 Å². The smallest absolute Gasteiger partial charge is 0.143 e. The van der Waals surface area contributed by atoms with Gasteiger partial charge in [-0.3, -0.25) is 0 Å². The first-order chi connectivity index (χ1) is 10.0. The highest BCUT2D eigenvalue weighted by Gasteiger charge is 2.13. The van der Waals surface area contributed by atoms with Gasteiger partial charge in [0.25, 0.3) is 0 Å². The fraction of sp³-hybridized carbons (Fsp3) is 0.188. The van der Waals surface area contributed by atoms with Gasteiger partial charge in [-0.15, -0.1) is 0 Å². The van der Waals surface area contributed by atoms with Gasteiger partial charge < -0.3 is 10.1 Å². The Labute approximate surface area is 131 Å². The van der Waals surface area contributed by atoms with Crippen molar-refractivity contribution in [2.75, 3.05) is 12.4 Å². The molecule has 3 nitrogen and oxygen atoms in total. The fourth-order valence-electron chi connectivity index (χ4n) is 2.04. The number of halogens is 2. The molecule has 0 heterocycles. The highest BCUT2D eigenvalue weighted by atomic mass is 79.9. The summed E-state index contributed by atoms with van der Waals surface area (Å²) in [6.07, 6.45) is 0. The molecule has 0 aliphatic heterocycles. The van der Waals surface area contributed by atoms with Crippen molar-refractivity contribution >= 4 is 21.6 Å². The Hall–Kier alpha value is -2.06. The van der Waals surface area contributed by atoms with Crippen LogP contribution in [0.3, 0.4) is 0 Å². The highest BCUT2D eigenvalue weighted by molar-refractivity contribution is 9.10. The predicted octanol–water partition coefficient (Wildman–Crippen LogP) is 4.64. The molecule has 0 aliphatic rings. The van der Waals surface area contributed by atoms with Crippen LogP contribution in [-0.4, -0.2) is 7.11 Å². The Balaban J connectivity index is 2.29. The van der Waals surface area contributed by atoms with Gasteiger partial charge in [0, 0.05) is 16.1 Å². The van der Waals surface area contributed by atoms with E-state index in [0.29, 0.717) is 22.6 Å². The summed E-state index contributed by atoms with van der Waals surface area (Å²) < 4.78 is 20.0. The fourth-order valence-corrected chi connectivity index (χ4v) is 2.42. The molecular weight excluding hydrogens is 335 g/mol. The minimum atomic E-state index is -0.272. The number of nitrogens with zero attached hydrogens (tertiary/aromatic N) is 1. The van der Waals surface area contributed by atoms with Gasteiger partial charge in [-0.1, -0.05) is 15.9 Å². The predicted molar refractivity (Wildman–Crippen MR) is 83.8 cm³/mol. The third-order valence-electron chi connectivity index (χ3n) is 3.13. The summed E-state index contributed by atoms with van der Waals surface area (Å²) in [5.41, 5.74) is 1.78. The van der Waals surface area contributed by atoms with Crippen molar-refractivity contribution in [2.45, 2.75) is 13.0 Å². The van der Waals surface area contributed by atoms with Crippen LogP contribution in [0.25, 0.3) is 0 Å². The number of methoxy groups -OCH3 is 1. The van der Waals surface area contributed by atoms with Gasteiger partial charge in [0.15, 0.2) is 0 Å². The van der Waals surface area contributed by atoms with Gasteiger partial charge in [-0.05, 0) is 37.3 Å². The third kappa shape index (κ3) is 3.53. The molecule has 0 amide bonds. The lowest BCUT2D eigenvalue weighted by Crippen LogP contribution is -2.09. The maximum atomic E-state index is 13.9. The molecule has 5 heteroatoms. The molecule has 1 atom stereocenters. The van der Waals surface area contributed by atoms with Gasteiger partial charge in [-0.25, -0.2) is 4.39 Å². The van der Waals surface area contributed by atoms with Crippen molar-refractivity contribution in [1.29, 1.82) is 5.26 Å². The number of nitrogens with one attached hydrogen (secondary N) is 1. The Kier molecular flexibility index (Phi) is 4.81. The molecular formula is C16H14BrFN2O. The first-order valence-corrected chi connectivity index (χ1v) is 7.14. The second-order valence-corrected chi connectivity index (χ2v) is 5.47. The quantitative estimate of drug-likeness (QED) is 0.875. The molecule has 2 aromatic carbocycles. The number of rotatable bonds is 4. The number of hydrogen-bond donors (Lipinski definition) is 1.